The van der Waals surface area contributed by atoms with Gasteiger partial charge in [-0.25, -0.2) is 4.79 Å². The lowest BCUT2D eigenvalue weighted by atomic mass is 9.87. The molecular formula is C18H21NO2. The molecule has 1 aliphatic carbocycles. The minimum atomic E-state index is -0.871. The Labute approximate surface area is 125 Å². The van der Waals surface area contributed by atoms with E-state index in [1.807, 2.05) is 30.3 Å². The van der Waals surface area contributed by atoms with Crippen molar-refractivity contribution in [1.82, 2.24) is 0 Å². The third-order valence-electron chi connectivity index (χ3n) is 4.53. The summed E-state index contributed by atoms with van der Waals surface area (Å²) in [7, 11) is 0. The van der Waals surface area contributed by atoms with Gasteiger partial charge in [0.25, 0.3) is 0 Å². The maximum atomic E-state index is 11.3. The SMILES string of the molecule is CC1CCC(Nc2ccc(C(=O)O)c3ccccc23)CC1. The van der Waals surface area contributed by atoms with E-state index in [-0.39, 0.29) is 0 Å². The van der Waals surface area contributed by atoms with E-state index in [0.29, 0.717) is 11.6 Å². The Hall–Kier alpha value is -2.03. The molecule has 2 aromatic carbocycles. The van der Waals surface area contributed by atoms with Crippen molar-refractivity contribution >= 4 is 22.4 Å². The fourth-order valence-electron chi connectivity index (χ4n) is 3.24. The van der Waals surface area contributed by atoms with Gasteiger partial charge in [-0.1, -0.05) is 31.2 Å². The van der Waals surface area contributed by atoms with Crippen molar-refractivity contribution in [2.45, 2.75) is 38.6 Å². The molecule has 0 aromatic heterocycles. The summed E-state index contributed by atoms with van der Waals surface area (Å²) in [6, 6.07) is 11.8. The first-order chi connectivity index (χ1) is 10.1. The number of aromatic carboxylic acids is 1. The van der Waals surface area contributed by atoms with E-state index in [9.17, 15) is 9.90 Å². The highest BCUT2D eigenvalue weighted by molar-refractivity contribution is 6.07. The highest BCUT2D eigenvalue weighted by Gasteiger charge is 2.19. The second-order valence-corrected chi connectivity index (χ2v) is 6.11. The molecule has 0 bridgehead atoms. The van der Waals surface area contributed by atoms with Gasteiger partial charge in [0.15, 0.2) is 0 Å². The van der Waals surface area contributed by atoms with Gasteiger partial charge >= 0.3 is 5.97 Å². The molecule has 0 aliphatic heterocycles. The number of benzene rings is 2. The largest absolute Gasteiger partial charge is 0.478 e. The first-order valence-corrected chi connectivity index (χ1v) is 7.66. The quantitative estimate of drug-likeness (QED) is 0.870. The van der Waals surface area contributed by atoms with Crippen LogP contribution in [0.5, 0.6) is 0 Å². The standard InChI is InChI=1S/C18H21NO2/c1-12-6-8-13(9-7-12)19-17-11-10-16(18(20)21)14-4-2-3-5-15(14)17/h2-5,10-13,19H,6-9H2,1H3,(H,20,21). The van der Waals surface area contributed by atoms with Crippen molar-refractivity contribution in [1.29, 1.82) is 0 Å². The van der Waals surface area contributed by atoms with E-state index in [0.717, 1.165) is 22.4 Å². The van der Waals surface area contributed by atoms with Crippen molar-refractivity contribution in [3.63, 3.8) is 0 Å². The van der Waals surface area contributed by atoms with Gasteiger partial charge in [-0.2, -0.15) is 0 Å². The molecule has 2 aromatic rings. The van der Waals surface area contributed by atoms with Crippen molar-refractivity contribution in [3.8, 4) is 0 Å². The summed E-state index contributed by atoms with van der Waals surface area (Å²) in [5, 5.41) is 14.7. The van der Waals surface area contributed by atoms with Crippen LogP contribution in [0.2, 0.25) is 0 Å². The smallest absolute Gasteiger partial charge is 0.336 e. The number of fused-ring (bicyclic) bond motifs is 1. The summed E-state index contributed by atoms with van der Waals surface area (Å²) in [6.07, 6.45) is 4.91. The first kappa shape index (κ1) is 13.9. The molecule has 1 fully saturated rings. The lowest BCUT2D eigenvalue weighted by Gasteiger charge is -2.28. The van der Waals surface area contributed by atoms with Crippen molar-refractivity contribution in [2.75, 3.05) is 5.32 Å². The average Bonchev–Trinajstić information content (AvgIpc) is 2.49. The molecular weight excluding hydrogens is 262 g/mol. The summed E-state index contributed by atoms with van der Waals surface area (Å²) in [5.74, 6) is -0.0431. The van der Waals surface area contributed by atoms with Gasteiger partial charge in [0.2, 0.25) is 0 Å². The molecule has 110 valence electrons. The highest BCUT2D eigenvalue weighted by atomic mass is 16.4. The normalized spacial score (nSPS) is 22.1. The predicted octanol–water partition coefficient (Wildman–Crippen LogP) is 4.53. The van der Waals surface area contributed by atoms with Crippen LogP contribution in [0.4, 0.5) is 5.69 Å². The summed E-state index contributed by atoms with van der Waals surface area (Å²) in [4.78, 5) is 11.3. The molecule has 3 rings (SSSR count). The molecule has 0 amide bonds. The topological polar surface area (TPSA) is 49.3 Å². The summed E-state index contributed by atoms with van der Waals surface area (Å²) < 4.78 is 0. The molecule has 1 aliphatic rings. The molecule has 0 radical (unpaired) electrons. The van der Waals surface area contributed by atoms with E-state index in [4.69, 9.17) is 0 Å². The molecule has 3 heteroatoms. The minimum Gasteiger partial charge on any atom is -0.478 e. The van der Waals surface area contributed by atoms with Crippen LogP contribution in [0.25, 0.3) is 10.8 Å². The lowest BCUT2D eigenvalue weighted by Crippen LogP contribution is -2.25. The van der Waals surface area contributed by atoms with Gasteiger partial charge < -0.3 is 10.4 Å². The fourth-order valence-corrected chi connectivity index (χ4v) is 3.24. The molecule has 0 heterocycles. The molecule has 2 N–H and O–H groups in total. The summed E-state index contributed by atoms with van der Waals surface area (Å²) >= 11 is 0. The molecule has 0 saturated heterocycles. The third kappa shape index (κ3) is 2.87. The minimum absolute atomic E-state index is 0.369. The number of carboxylic acids is 1. The zero-order valence-corrected chi connectivity index (χ0v) is 12.3. The van der Waals surface area contributed by atoms with Crippen LogP contribution in [0.1, 0.15) is 43.0 Å². The molecule has 0 unspecified atom stereocenters. The van der Waals surface area contributed by atoms with Crippen LogP contribution < -0.4 is 5.32 Å². The Bertz CT molecular complexity index is 657. The third-order valence-corrected chi connectivity index (χ3v) is 4.53. The van der Waals surface area contributed by atoms with Gasteiger partial charge in [-0.3, -0.25) is 0 Å². The van der Waals surface area contributed by atoms with Gasteiger partial charge in [0.05, 0.1) is 5.56 Å². The molecule has 21 heavy (non-hydrogen) atoms. The van der Waals surface area contributed by atoms with Crippen LogP contribution in [0.3, 0.4) is 0 Å². The number of carboxylic acid groups (broad SMARTS) is 1. The second-order valence-electron chi connectivity index (χ2n) is 6.11. The van der Waals surface area contributed by atoms with E-state index in [2.05, 4.69) is 12.2 Å². The van der Waals surface area contributed by atoms with Crippen LogP contribution >= 0.6 is 0 Å². The molecule has 0 atom stereocenters. The van der Waals surface area contributed by atoms with Crippen molar-refractivity contribution < 1.29 is 9.90 Å². The maximum Gasteiger partial charge on any atom is 0.336 e. The zero-order chi connectivity index (χ0) is 14.8. The van der Waals surface area contributed by atoms with Crippen LogP contribution in [0, 0.1) is 5.92 Å². The van der Waals surface area contributed by atoms with Crippen LogP contribution in [0.15, 0.2) is 36.4 Å². The van der Waals surface area contributed by atoms with Crippen molar-refractivity contribution in [3.05, 3.63) is 42.0 Å². The number of rotatable bonds is 3. The molecule has 3 nitrogen and oxygen atoms in total. The number of hydrogen-bond acceptors (Lipinski definition) is 2. The molecule has 1 saturated carbocycles. The first-order valence-electron chi connectivity index (χ1n) is 7.66. The second kappa shape index (κ2) is 5.76. The van der Waals surface area contributed by atoms with Gasteiger partial charge in [-0.05, 0) is 49.1 Å². The predicted molar refractivity (Wildman–Crippen MR) is 86.0 cm³/mol. The highest BCUT2D eigenvalue weighted by Crippen LogP contribution is 2.31. The van der Waals surface area contributed by atoms with E-state index >= 15 is 0 Å². The Morgan fingerprint density at radius 3 is 2.38 bits per heavy atom. The van der Waals surface area contributed by atoms with Crippen LogP contribution in [-0.2, 0) is 0 Å². The number of nitrogens with one attached hydrogen (secondary N) is 1. The van der Waals surface area contributed by atoms with E-state index < -0.39 is 5.97 Å². The van der Waals surface area contributed by atoms with E-state index in [1.165, 1.54) is 25.7 Å². The van der Waals surface area contributed by atoms with Crippen LogP contribution in [-0.4, -0.2) is 17.1 Å². The number of anilines is 1. The average molecular weight is 283 g/mol. The summed E-state index contributed by atoms with van der Waals surface area (Å²) in [6.45, 7) is 2.31. The van der Waals surface area contributed by atoms with Gasteiger partial charge in [0.1, 0.15) is 0 Å². The lowest BCUT2D eigenvalue weighted by molar-refractivity contribution is 0.0699. The monoisotopic (exact) mass is 283 g/mol. The fraction of sp³-hybridized carbons (Fsp3) is 0.389. The Morgan fingerprint density at radius 1 is 1.05 bits per heavy atom. The Morgan fingerprint density at radius 2 is 1.71 bits per heavy atom. The summed E-state index contributed by atoms with van der Waals surface area (Å²) in [5.41, 5.74) is 1.42. The van der Waals surface area contributed by atoms with E-state index in [1.54, 1.807) is 6.07 Å². The maximum absolute atomic E-state index is 11.3. The van der Waals surface area contributed by atoms with Crippen molar-refractivity contribution in [2.24, 2.45) is 5.92 Å². The number of hydrogen-bond donors (Lipinski definition) is 2. The van der Waals surface area contributed by atoms with Gasteiger partial charge in [-0.15, -0.1) is 0 Å². The number of carbonyl (C=O) groups is 1. The molecule has 0 spiro atoms. The zero-order valence-electron chi connectivity index (χ0n) is 12.3. The Kier molecular flexibility index (Phi) is 3.82. The Balaban J connectivity index is 1.93. The van der Waals surface area contributed by atoms with Gasteiger partial charge in [0, 0.05) is 17.1 Å².